The topological polar surface area (TPSA) is 63.6 Å². The van der Waals surface area contributed by atoms with Gasteiger partial charge in [0.2, 0.25) is 0 Å². The molecule has 0 aliphatic rings. The van der Waals surface area contributed by atoms with Crippen LogP contribution in [0.1, 0.15) is 200 Å². The maximum atomic E-state index is 11.7. The van der Waals surface area contributed by atoms with E-state index in [9.17, 15) is 14.7 Å². The zero-order chi connectivity index (χ0) is 30.1. The molecule has 0 aromatic heterocycles. The van der Waals surface area contributed by atoms with Crippen LogP contribution in [-0.4, -0.2) is 23.7 Å². The zero-order valence-electron chi connectivity index (χ0n) is 27.6. The predicted octanol–water partition coefficient (Wildman–Crippen LogP) is 12.1. The van der Waals surface area contributed by atoms with Crippen molar-refractivity contribution in [1.29, 1.82) is 0 Å². The number of allylic oxidation sites excluding steroid dienone is 2. The number of rotatable bonds is 33. The quantitative estimate of drug-likeness (QED) is 0.0478. The van der Waals surface area contributed by atoms with Crippen molar-refractivity contribution >= 4 is 11.9 Å². The Labute approximate surface area is 255 Å². The largest absolute Gasteiger partial charge is 0.481 e. The Hall–Kier alpha value is -1.32. The number of unbranched alkanes of at least 4 members (excludes halogenated alkanes) is 24. The van der Waals surface area contributed by atoms with Crippen LogP contribution in [0.4, 0.5) is 0 Å². The van der Waals surface area contributed by atoms with Crippen LogP contribution in [0.25, 0.3) is 0 Å². The maximum absolute atomic E-state index is 11.7. The van der Waals surface area contributed by atoms with Crippen molar-refractivity contribution in [2.24, 2.45) is 5.92 Å². The molecule has 1 atom stereocenters. The fourth-order valence-electron chi connectivity index (χ4n) is 5.62. The van der Waals surface area contributed by atoms with E-state index in [0.29, 0.717) is 13.0 Å². The van der Waals surface area contributed by atoms with Gasteiger partial charge in [-0.15, -0.1) is 0 Å². The first kappa shape index (κ1) is 39.7. The van der Waals surface area contributed by atoms with Gasteiger partial charge in [-0.3, -0.25) is 9.59 Å². The molecule has 0 saturated heterocycles. The van der Waals surface area contributed by atoms with Crippen LogP contribution < -0.4 is 0 Å². The summed E-state index contributed by atoms with van der Waals surface area (Å²) in [5, 5.41) is 9.34. The minimum Gasteiger partial charge on any atom is -0.481 e. The van der Waals surface area contributed by atoms with Crippen molar-refractivity contribution in [1.82, 2.24) is 0 Å². The molecule has 0 bridgehead atoms. The molecular formula is C37H70O4. The van der Waals surface area contributed by atoms with E-state index >= 15 is 0 Å². The van der Waals surface area contributed by atoms with E-state index in [0.717, 1.165) is 19.3 Å². The summed E-state index contributed by atoms with van der Waals surface area (Å²) < 4.78 is 5.03. The highest BCUT2D eigenvalue weighted by Crippen LogP contribution is 2.18. The zero-order valence-corrected chi connectivity index (χ0v) is 27.6. The lowest BCUT2D eigenvalue weighted by atomic mass is 9.97. The molecule has 0 aromatic carbocycles. The molecule has 0 radical (unpaired) electrons. The average molecular weight is 579 g/mol. The summed E-state index contributed by atoms with van der Waals surface area (Å²) in [6, 6.07) is 0. The number of carbonyl (C=O) groups excluding carboxylic acids is 1. The molecule has 0 heterocycles. The molecule has 0 aliphatic heterocycles. The third-order valence-electron chi connectivity index (χ3n) is 8.31. The number of carboxylic acid groups (broad SMARTS) is 1. The summed E-state index contributed by atoms with van der Waals surface area (Å²) in [6.07, 6.45) is 41.0. The van der Waals surface area contributed by atoms with Gasteiger partial charge in [-0.25, -0.2) is 0 Å². The highest BCUT2D eigenvalue weighted by atomic mass is 16.5. The van der Waals surface area contributed by atoms with Gasteiger partial charge in [0.25, 0.3) is 0 Å². The van der Waals surface area contributed by atoms with Gasteiger partial charge >= 0.3 is 11.9 Å². The van der Waals surface area contributed by atoms with Crippen molar-refractivity contribution in [3.63, 3.8) is 0 Å². The van der Waals surface area contributed by atoms with Gasteiger partial charge in [-0.05, 0) is 32.1 Å². The lowest BCUT2D eigenvalue weighted by Crippen LogP contribution is -2.19. The molecule has 4 heteroatoms. The number of carboxylic acids is 1. The van der Waals surface area contributed by atoms with E-state index in [1.165, 1.54) is 154 Å². The molecule has 0 amide bonds. The van der Waals surface area contributed by atoms with Crippen LogP contribution in [0.15, 0.2) is 12.2 Å². The molecule has 0 rings (SSSR count). The number of carbonyl (C=O) groups is 2. The van der Waals surface area contributed by atoms with Crippen molar-refractivity contribution in [2.75, 3.05) is 6.61 Å². The molecule has 0 aliphatic carbocycles. The first-order valence-electron chi connectivity index (χ1n) is 18.1. The Kier molecular flexibility index (Phi) is 32.1. The van der Waals surface area contributed by atoms with Crippen LogP contribution in [0.3, 0.4) is 0 Å². The number of esters is 1. The molecule has 242 valence electrons. The molecular weight excluding hydrogens is 508 g/mol. The number of hydrogen-bond acceptors (Lipinski definition) is 3. The van der Waals surface area contributed by atoms with Gasteiger partial charge in [0.15, 0.2) is 0 Å². The Morgan fingerprint density at radius 3 is 1.27 bits per heavy atom. The minimum atomic E-state index is -0.873. The second-order valence-electron chi connectivity index (χ2n) is 12.4. The second kappa shape index (κ2) is 33.2. The van der Waals surface area contributed by atoms with E-state index in [1.807, 2.05) is 6.92 Å². The third-order valence-corrected chi connectivity index (χ3v) is 8.31. The van der Waals surface area contributed by atoms with Gasteiger partial charge in [0.1, 0.15) is 0 Å². The first-order valence-corrected chi connectivity index (χ1v) is 18.1. The molecule has 41 heavy (non-hydrogen) atoms. The summed E-state index contributed by atoms with van der Waals surface area (Å²) >= 11 is 0. The Morgan fingerprint density at radius 1 is 0.561 bits per heavy atom. The predicted molar refractivity (Wildman–Crippen MR) is 176 cm³/mol. The summed E-state index contributed by atoms with van der Waals surface area (Å²) in [5.41, 5.74) is 0. The minimum absolute atomic E-state index is 0.00762. The lowest BCUT2D eigenvalue weighted by Gasteiger charge is -2.11. The highest BCUT2D eigenvalue weighted by Gasteiger charge is 2.21. The molecule has 0 saturated carbocycles. The summed E-state index contributed by atoms with van der Waals surface area (Å²) in [5.74, 6) is -1.84. The molecule has 4 nitrogen and oxygen atoms in total. The van der Waals surface area contributed by atoms with Crippen LogP contribution in [0.5, 0.6) is 0 Å². The van der Waals surface area contributed by atoms with Crippen LogP contribution >= 0.6 is 0 Å². The van der Waals surface area contributed by atoms with E-state index in [4.69, 9.17) is 4.74 Å². The lowest BCUT2D eigenvalue weighted by molar-refractivity contribution is -0.151. The van der Waals surface area contributed by atoms with Gasteiger partial charge in [0, 0.05) is 0 Å². The first-order chi connectivity index (χ1) is 20.1. The Morgan fingerprint density at radius 2 is 0.927 bits per heavy atom. The molecule has 0 spiro atoms. The maximum Gasteiger partial charge on any atom is 0.307 e. The van der Waals surface area contributed by atoms with Gasteiger partial charge in [-0.1, -0.05) is 174 Å². The molecule has 0 aromatic rings. The summed E-state index contributed by atoms with van der Waals surface area (Å²) in [7, 11) is 0. The van der Waals surface area contributed by atoms with Crippen molar-refractivity contribution < 1.29 is 19.4 Å². The van der Waals surface area contributed by atoms with E-state index in [2.05, 4.69) is 19.1 Å². The number of ether oxygens (including phenoxy) is 1. The third kappa shape index (κ3) is 31.4. The normalized spacial score (nSPS) is 12.2. The monoisotopic (exact) mass is 579 g/mol. The average Bonchev–Trinajstić information content (AvgIpc) is 2.96. The summed E-state index contributed by atoms with van der Waals surface area (Å²) in [4.78, 5) is 23.1. The van der Waals surface area contributed by atoms with Crippen molar-refractivity contribution in [3.8, 4) is 0 Å². The van der Waals surface area contributed by atoms with Crippen molar-refractivity contribution in [2.45, 2.75) is 200 Å². The fraction of sp³-hybridized carbons (Fsp3) is 0.892. The smallest absolute Gasteiger partial charge is 0.307 e. The highest BCUT2D eigenvalue weighted by molar-refractivity contribution is 5.78. The summed E-state index contributed by atoms with van der Waals surface area (Å²) in [6.45, 7) is 4.52. The standard InChI is InChI=1S/C37H70O4/c1-3-5-6-7-8-9-10-11-12-13-14-15-16-17-18-19-20-21-22-23-24-25-26-27-28-29-30-31-32-35(37(39)40)34-36(38)41-33-4-2/h5-6,35H,3-4,7-34H2,1-2H3,(H,39,40)/b6-5+. The van der Waals surface area contributed by atoms with E-state index < -0.39 is 11.9 Å². The Balaban J connectivity index is 3.26. The molecule has 1 unspecified atom stereocenters. The Bertz CT molecular complexity index is 585. The van der Waals surface area contributed by atoms with Crippen LogP contribution in [0, 0.1) is 5.92 Å². The molecule has 0 fully saturated rings. The molecule has 1 N–H and O–H groups in total. The number of hydrogen-bond donors (Lipinski definition) is 1. The second-order valence-corrected chi connectivity index (χ2v) is 12.4. The van der Waals surface area contributed by atoms with Crippen molar-refractivity contribution in [3.05, 3.63) is 12.2 Å². The van der Waals surface area contributed by atoms with Crippen LogP contribution in [-0.2, 0) is 14.3 Å². The fourth-order valence-corrected chi connectivity index (χ4v) is 5.62. The van der Waals surface area contributed by atoms with Gasteiger partial charge in [-0.2, -0.15) is 0 Å². The van der Waals surface area contributed by atoms with Gasteiger partial charge < -0.3 is 9.84 Å². The number of aliphatic carboxylic acids is 1. The SMILES string of the molecule is CC/C=C/CCCCCCCCCCCCCCCCCCCCCCCCCCC(CC(=O)OCCC)C(=O)O. The van der Waals surface area contributed by atoms with E-state index in [-0.39, 0.29) is 12.4 Å². The van der Waals surface area contributed by atoms with Crippen LogP contribution in [0.2, 0.25) is 0 Å². The van der Waals surface area contributed by atoms with E-state index in [1.54, 1.807) is 0 Å². The van der Waals surface area contributed by atoms with Gasteiger partial charge in [0.05, 0.1) is 18.9 Å².